The fraction of sp³-hybridized carbons (Fsp3) is 0.381. The van der Waals surface area contributed by atoms with Gasteiger partial charge < -0.3 is 4.74 Å². The monoisotopic (exact) mass is 386 g/mol. The fourth-order valence-corrected chi connectivity index (χ4v) is 4.62. The smallest absolute Gasteiger partial charge is 0.243 e. The summed E-state index contributed by atoms with van der Waals surface area (Å²) in [5.74, 6) is 1.03. The van der Waals surface area contributed by atoms with E-state index < -0.39 is 10.0 Å². The Bertz CT molecular complexity index is 935. The first-order valence-electron chi connectivity index (χ1n) is 9.09. The molecule has 5 nitrogen and oxygen atoms in total. The van der Waals surface area contributed by atoms with Crippen LogP contribution in [0.1, 0.15) is 38.8 Å². The molecule has 0 radical (unpaired) electrons. The van der Waals surface area contributed by atoms with E-state index in [1.54, 1.807) is 0 Å². The Morgan fingerprint density at radius 3 is 2.52 bits per heavy atom. The first-order valence-corrected chi connectivity index (χ1v) is 10.5. The molecule has 6 heteroatoms. The number of hydrogen-bond donors (Lipinski definition) is 0. The summed E-state index contributed by atoms with van der Waals surface area (Å²) in [6.45, 7) is 8.80. The molecular weight excluding hydrogens is 360 g/mol. The molecule has 1 aliphatic rings. The number of hydrogen-bond acceptors (Lipinski definition) is 4. The summed E-state index contributed by atoms with van der Waals surface area (Å²) in [6.07, 6.45) is 7.05. The van der Waals surface area contributed by atoms with Crippen molar-refractivity contribution in [1.29, 1.82) is 0 Å². The van der Waals surface area contributed by atoms with Gasteiger partial charge in [0.15, 0.2) is 0 Å². The minimum absolute atomic E-state index is 0.211. The van der Waals surface area contributed by atoms with Crippen molar-refractivity contribution in [2.45, 2.75) is 44.7 Å². The molecule has 2 heterocycles. The Balaban J connectivity index is 1.90. The number of pyridine rings is 1. The molecule has 3 rings (SSSR count). The lowest BCUT2D eigenvalue weighted by molar-refractivity contribution is 0.159. The van der Waals surface area contributed by atoms with E-state index >= 15 is 0 Å². The number of sulfonamides is 1. The van der Waals surface area contributed by atoms with Crippen LogP contribution in [0.15, 0.2) is 53.7 Å². The molecule has 0 fully saturated rings. The van der Waals surface area contributed by atoms with E-state index in [1.165, 1.54) is 28.8 Å². The van der Waals surface area contributed by atoms with Gasteiger partial charge in [-0.3, -0.25) is 4.98 Å². The molecule has 0 spiro atoms. The average molecular weight is 387 g/mol. The Labute approximate surface area is 161 Å². The number of rotatable bonds is 6. The Hall–Kier alpha value is -2.18. The molecule has 0 N–H and O–H groups in total. The SMILES string of the molecule is CC(C)CN(Cc1ccc2c(c1)C=CC(C)(C)O2)S(=O)(=O)c1ccncc1. The van der Waals surface area contributed by atoms with E-state index in [0.29, 0.717) is 13.1 Å². The third-order valence-corrected chi connectivity index (χ3v) is 6.15. The van der Waals surface area contributed by atoms with Crippen LogP contribution in [0, 0.1) is 5.92 Å². The van der Waals surface area contributed by atoms with Crippen molar-refractivity contribution in [3.8, 4) is 5.75 Å². The van der Waals surface area contributed by atoms with Gasteiger partial charge in [0.05, 0.1) is 4.90 Å². The predicted molar refractivity (Wildman–Crippen MR) is 107 cm³/mol. The van der Waals surface area contributed by atoms with Crippen LogP contribution in [0.2, 0.25) is 0 Å². The van der Waals surface area contributed by atoms with Crippen molar-refractivity contribution in [3.63, 3.8) is 0 Å². The summed E-state index contributed by atoms with van der Waals surface area (Å²) in [6, 6.07) is 8.92. The van der Waals surface area contributed by atoms with Gasteiger partial charge in [-0.05, 0) is 55.7 Å². The van der Waals surface area contributed by atoms with Crippen LogP contribution in [-0.4, -0.2) is 29.9 Å². The van der Waals surface area contributed by atoms with Crippen molar-refractivity contribution in [3.05, 3.63) is 59.9 Å². The highest BCUT2D eigenvalue weighted by atomic mass is 32.2. The van der Waals surface area contributed by atoms with E-state index in [-0.39, 0.29) is 16.4 Å². The second kappa shape index (κ2) is 7.44. The third kappa shape index (κ3) is 4.57. The lowest BCUT2D eigenvalue weighted by Gasteiger charge is -2.28. The second-order valence-electron chi connectivity index (χ2n) is 7.79. The van der Waals surface area contributed by atoms with Crippen LogP contribution in [0.25, 0.3) is 6.08 Å². The van der Waals surface area contributed by atoms with Crippen LogP contribution >= 0.6 is 0 Å². The van der Waals surface area contributed by atoms with Crippen molar-refractivity contribution < 1.29 is 13.2 Å². The average Bonchev–Trinajstić information content (AvgIpc) is 2.61. The normalized spacial score (nSPS) is 15.6. The molecule has 1 aromatic carbocycles. The van der Waals surface area contributed by atoms with Crippen LogP contribution in [0.3, 0.4) is 0 Å². The van der Waals surface area contributed by atoms with Gasteiger partial charge in [0, 0.05) is 31.0 Å². The van der Waals surface area contributed by atoms with Crippen LogP contribution < -0.4 is 4.74 Å². The van der Waals surface area contributed by atoms with Gasteiger partial charge in [0.1, 0.15) is 11.4 Å². The van der Waals surface area contributed by atoms with Gasteiger partial charge in [-0.1, -0.05) is 26.0 Å². The minimum Gasteiger partial charge on any atom is -0.483 e. The van der Waals surface area contributed by atoms with Gasteiger partial charge in [0.25, 0.3) is 0 Å². The van der Waals surface area contributed by atoms with Crippen molar-refractivity contribution in [2.24, 2.45) is 5.92 Å². The molecule has 0 unspecified atom stereocenters. The fourth-order valence-electron chi connectivity index (χ4n) is 3.05. The zero-order valence-corrected chi connectivity index (χ0v) is 17.0. The molecule has 0 aliphatic carbocycles. The summed E-state index contributed by atoms with van der Waals surface area (Å²) < 4.78 is 33.7. The minimum atomic E-state index is -3.59. The molecule has 2 aromatic rings. The van der Waals surface area contributed by atoms with Crippen LogP contribution in [0.4, 0.5) is 0 Å². The number of aromatic nitrogens is 1. The molecule has 1 aromatic heterocycles. The molecule has 0 amide bonds. The number of nitrogens with zero attached hydrogens (tertiary/aromatic N) is 2. The predicted octanol–water partition coefficient (Wildman–Crippen LogP) is 4.11. The maximum absolute atomic E-state index is 13.1. The zero-order chi connectivity index (χ0) is 19.7. The zero-order valence-electron chi connectivity index (χ0n) is 16.2. The molecule has 0 saturated carbocycles. The number of benzene rings is 1. The summed E-state index contributed by atoms with van der Waals surface area (Å²) in [5, 5.41) is 0. The Morgan fingerprint density at radius 1 is 1.15 bits per heavy atom. The highest BCUT2D eigenvalue weighted by Gasteiger charge is 2.26. The van der Waals surface area contributed by atoms with Gasteiger partial charge in [-0.15, -0.1) is 0 Å². The van der Waals surface area contributed by atoms with Crippen molar-refractivity contribution in [2.75, 3.05) is 6.54 Å². The molecule has 144 valence electrons. The summed E-state index contributed by atoms with van der Waals surface area (Å²) in [5.41, 5.74) is 1.57. The van der Waals surface area contributed by atoms with Gasteiger partial charge in [0.2, 0.25) is 10.0 Å². The topological polar surface area (TPSA) is 59.5 Å². The molecule has 27 heavy (non-hydrogen) atoms. The largest absolute Gasteiger partial charge is 0.483 e. The Morgan fingerprint density at radius 2 is 1.85 bits per heavy atom. The summed E-state index contributed by atoms with van der Waals surface area (Å²) in [4.78, 5) is 4.18. The molecule has 0 atom stereocenters. The first kappa shape index (κ1) is 19.6. The van der Waals surface area contributed by atoms with Gasteiger partial charge >= 0.3 is 0 Å². The van der Waals surface area contributed by atoms with E-state index in [9.17, 15) is 8.42 Å². The van der Waals surface area contributed by atoms with Crippen molar-refractivity contribution >= 4 is 16.1 Å². The highest BCUT2D eigenvalue weighted by molar-refractivity contribution is 7.89. The van der Waals surface area contributed by atoms with Crippen LogP contribution in [0.5, 0.6) is 5.75 Å². The third-order valence-electron chi connectivity index (χ3n) is 4.33. The molecule has 1 aliphatic heterocycles. The highest BCUT2D eigenvalue weighted by Crippen LogP contribution is 2.32. The van der Waals surface area contributed by atoms with E-state index in [2.05, 4.69) is 4.98 Å². The summed E-state index contributed by atoms with van der Waals surface area (Å²) in [7, 11) is -3.59. The van der Waals surface area contributed by atoms with Crippen molar-refractivity contribution in [1.82, 2.24) is 9.29 Å². The van der Waals surface area contributed by atoms with Crippen LogP contribution in [-0.2, 0) is 16.6 Å². The molecule has 0 bridgehead atoms. The maximum Gasteiger partial charge on any atom is 0.243 e. The molecule has 0 saturated heterocycles. The first-order chi connectivity index (χ1) is 12.7. The van der Waals surface area contributed by atoms with Gasteiger partial charge in [-0.25, -0.2) is 8.42 Å². The number of fused-ring (bicyclic) bond motifs is 1. The van der Waals surface area contributed by atoms with E-state index in [0.717, 1.165) is 16.9 Å². The lowest BCUT2D eigenvalue weighted by atomic mass is 10.0. The Kier molecular flexibility index (Phi) is 5.40. The standard InChI is InChI=1S/C21H26N2O3S/c1-16(2)14-23(27(24,25)19-8-11-22-12-9-19)15-17-5-6-20-18(13-17)7-10-21(3,4)26-20/h5-13,16H,14-15H2,1-4H3. The quantitative estimate of drug-likeness (QED) is 0.749. The van der Waals surface area contributed by atoms with Gasteiger partial charge in [-0.2, -0.15) is 4.31 Å². The van der Waals surface area contributed by atoms with E-state index in [4.69, 9.17) is 4.74 Å². The molecular formula is C21H26N2O3S. The number of ether oxygens (including phenoxy) is 1. The maximum atomic E-state index is 13.1. The lowest BCUT2D eigenvalue weighted by Crippen LogP contribution is -2.34. The van der Waals surface area contributed by atoms with E-state index in [1.807, 2.05) is 58.0 Å². The summed E-state index contributed by atoms with van der Waals surface area (Å²) >= 11 is 0. The second-order valence-corrected chi connectivity index (χ2v) is 9.72.